The lowest BCUT2D eigenvalue weighted by molar-refractivity contribution is 0.0699. The van der Waals surface area contributed by atoms with Crippen LogP contribution in [0.2, 0.25) is 0 Å². The van der Waals surface area contributed by atoms with Gasteiger partial charge in [-0.2, -0.15) is 0 Å². The zero-order valence-electron chi connectivity index (χ0n) is 17.1. The lowest BCUT2D eigenvalue weighted by atomic mass is 9.61. The van der Waals surface area contributed by atoms with E-state index in [1.165, 1.54) is 63.4 Å². The van der Waals surface area contributed by atoms with Crippen LogP contribution in [-0.2, 0) is 12.8 Å². The number of allylic oxidation sites excluding steroid dienone is 2. The van der Waals surface area contributed by atoms with Gasteiger partial charge in [-0.3, -0.25) is 0 Å². The van der Waals surface area contributed by atoms with E-state index in [2.05, 4.69) is 44.2 Å². The maximum Gasteiger partial charge on any atom is -0.0245 e. The van der Waals surface area contributed by atoms with Crippen LogP contribution in [0.15, 0.2) is 30.4 Å². The second kappa shape index (κ2) is 8.32. The summed E-state index contributed by atoms with van der Waals surface area (Å²) in [6.45, 7) is 4.39. The summed E-state index contributed by atoms with van der Waals surface area (Å²) >= 11 is 0. The molecule has 0 heterocycles. The molecular weight excluding hydrogens is 312 g/mol. The normalized spacial score (nSPS) is 34.5. The van der Waals surface area contributed by atoms with E-state index in [1.54, 1.807) is 24.0 Å². The highest BCUT2D eigenvalue weighted by molar-refractivity contribution is 5.33. The summed E-state index contributed by atoms with van der Waals surface area (Å²) in [6.07, 6.45) is 20.7. The van der Waals surface area contributed by atoms with Gasteiger partial charge in [0.1, 0.15) is 0 Å². The molecule has 5 atom stereocenters. The molecule has 0 aliphatic heterocycles. The number of hydrogen-bond acceptors (Lipinski definition) is 0. The molecule has 3 aliphatic rings. The Morgan fingerprint density at radius 3 is 2.50 bits per heavy atom. The van der Waals surface area contributed by atoms with E-state index in [9.17, 15) is 0 Å². The first-order valence-corrected chi connectivity index (χ1v) is 11.4. The Hall–Kier alpha value is -1.04. The van der Waals surface area contributed by atoms with Gasteiger partial charge < -0.3 is 0 Å². The highest BCUT2D eigenvalue weighted by atomic mass is 14.4. The van der Waals surface area contributed by atoms with Gasteiger partial charge in [0, 0.05) is 0 Å². The van der Waals surface area contributed by atoms with Crippen molar-refractivity contribution in [2.75, 3.05) is 0 Å². The van der Waals surface area contributed by atoms with E-state index in [4.69, 9.17) is 0 Å². The standard InChI is InChI=1S/C26H38/c1-3-4-5-6-20-8-10-24-18-26(14-12-22(24)16-20)25-13-11-21-15-19(2)7-9-23(21)17-25/h3-4,7,9,15,20,22,24-26H,5-6,8,10-14,16-18H2,1-2H3/t20-,22?,24-,25?,26?/m1/s1. The van der Waals surface area contributed by atoms with Gasteiger partial charge in [-0.1, -0.05) is 42.3 Å². The first-order chi connectivity index (χ1) is 12.7. The van der Waals surface area contributed by atoms with Gasteiger partial charge in [0.05, 0.1) is 0 Å². The minimum Gasteiger partial charge on any atom is -0.0917 e. The molecule has 1 aromatic carbocycles. The van der Waals surface area contributed by atoms with Crippen LogP contribution in [0.1, 0.15) is 81.4 Å². The molecule has 0 bridgehead atoms. The molecule has 1 aromatic rings. The van der Waals surface area contributed by atoms with Crippen molar-refractivity contribution >= 4 is 0 Å². The molecule has 2 saturated carbocycles. The molecule has 0 nitrogen and oxygen atoms in total. The van der Waals surface area contributed by atoms with E-state index in [0.29, 0.717) is 0 Å². The molecule has 0 amide bonds. The third-order valence-electron chi connectivity index (χ3n) is 8.03. The van der Waals surface area contributed by atoms with Gasteiger partial charge >= 0.3 is 0 Å². The summed E-state index contributed by atoms with van der Waals surface area (Å²) in [5, 5.41) is 0. The first kappa shape index (κ1) is 18.3. The van der Waals surface area contributed by atoms with Gasteiger partial charge in [-0.05, 0) is 119 Å². The van der Waals surface area contributed by atoms with Crippen LogP contribution in [0.4, 0.5) is 0 Å². The molecule has 142 valence electrons. The first-order valence-electron chi connectivity index (χ1n) is 11.4. The zero-order valence-corrected chi connectivity index (χ0v) is 17.1. The topological polar surface area (TPSA) is 0 Å². The molecule has 26 heavy (non-hydrogen) atoms. The predicted octanol–water partition coefficient (Wildman–Crippen LogP) is 7.29. The average molecular weight is 351 g/mol. The summed E-state index contributed by atoms with van der Waals surface area (Å²) in [4.78, 5) is 0. The summed E-state index contributed by atoms with van der Waals surface area (Å²) in [5.41, 5.74) is 4.76. The Morgan fingerprint density at radius 2 is 1.65 bits per heavy atom. The van der Waals surface area contributed by atoms with Gasteiger partial charge in [0.15, 0.2) is 0 Å². The van der Waals surface area contributed by atoms with Crippen LogP contribution in [0.25, 0.3) is 0 Å². The van der Waals surface area contributed by atoms with Crippen molar-refractivity contribution in [2.45, 2.75) is 84.5 Å². The monoisotopic (exact) mass is 350 g/mol. The average Bonchev–Trinajstić information content (AvgIpc) is 2.67. The Balaban J connectivity index is 1.31. The molecular formula is C26H38. The van der Waals surface area contributed by atoms with Gasteiger partial charge in [-0.15, -0.1) is 0 Å². The van der Waals surface area contributed by atoms with Crippen LogP contribution in [0, 0.1) is 36.5 Å². The fourth-order valence-corrected chi connectivity index (χ4v) is 6.53. The van der Waals surface area contributed by atoms with Crippen LogP contribution < -0.4 is 0 Å². The van der Waals surface area contributed by atoms with Crippen molar-refractivity contribution in [2.24, 2.45) is 29.6 Å². The Kier molecular flexibility index (Phi) is 5.87. The highest BCUT2D eigenvalue weighted by Crippen LogP contribution is 2.49. The second-order valence-corrected chi connectivity index (χ2v) is 9.69. The summed E-state index contributed by atoms with van der Waals surface area (Å²) in [6, 6.07) is 7.20. The van der Waals surface area contributed by atoms with E-state index >= 15 is 0 Å². The lowest BCUT2D eigenvalue weighted by Crippen LogP contribution is -2.35. The van der Waals surface area contributed by atoms with Gasteiger partial charge in [0.2, 0.25) is 0 Å². The number of rotatable bonds is 4. The fraction of sp³-hybridized carbons (Fsp3) is 0.692. The summed E-state index contributed by atoms with van der Waals surface area (Å²) in [7, 11) is 0. The molecule has 2 fully saturated rings. The molecule has 0 saturated heterocycles. The second-order valence-electron chi connectivity index (χ2n) is 9.69. The summed E-state index contributed by atoms with van der Waals surface area (Å²) < 4.78 is 0. The largest absolute Gasteiger partial charge is 0.0917 e. The van der Waals surface area contributed by atoms with E-state index < -0.39 is 0 Å². The minimum atomic E-state index is 0.971. The van der Waals surface area contributed by atoms with Crippen LogP contribution >= 0.6 is 0 Å². The van der Waals surface area contributed by atoms with Gasteiger partial charge in [0.25, 0.3) is 0 Å². The van der Waals surface area contributed by atoms with Crippen LogP contribution in [0.5, 0.6) is 0 Å². The third-order valence-corrected chi connectivity index (χ3v) is 8.03. The van der Waals surface area contributed by atoms with E-state index in [-0.39, 0.29) is 0 Å². The SMILES string of the molecule is CC=CCC[C@@H]1CC[C@@H]2CC(C3CCc4cc(C)ccc4C3)CCC2C1. The molecule has 0 radical (unpaired) electrons. The molecule has 0 heteroatoms. The summed E-state index contributed by atoms with van der Waals surface area (Å²) in [5.74, 6) is 5.14. The minimum absolute atomic E-state index is 0.971. The quantitative estimate of drug-likeness (QED) is 0.500. The maximum absolute atomic E-state index is 2.44. The smallest absolute Gasteiger partial charge is 0.0245 e. The Bertz CT molecular complexity index is 625. The van der Waals surface area contributed by atoms with Crippen LogP contribution in [-0.4, -0.2) is 0 Å². The van der Waals surface area contributed by atoms with Crippen molar-refractivity contribution in [1.29, 1.82) is 0 Å². The number of benzene rings is 1. The van der Waals surface area contributed by atoms with Crippen molar-refractivity contribution in [3.05, 3.63) is 47.0 Å². The van der Waals surface area contributed by atoms with Crippen molar-refractivity contribution in [3.63, 3.8) is 0 Å². The molecule has 3 unspecified atom stereocenters. The van der Waals surface area contributed by atoms with Crippen molar-refractivity contribution < 1.29 is 0 Å². The predicted molar refractivity (Wildman–Crippen MR) is 112 cm³/mol. The fourth-order valence-electron chi connectivity index (χ4n) is 6.53. The molecule has 0 N–H and O–H groups in total. The zero-order chi connectivity index (χ0) is 17.9. The lowest BCUT2D eigenvalue weighted by Gasteiger charge is -2.45. The Labute approximate surface area is 161 Å². The van der Waals surface area contributed by atoms with Crippen molar-refractivity contribution in [1.82, 2.24) is 0 Å². The van der Waals surface area contributed by atoms with E-state index in [0.717, 1.165) is 29.6 Å². The number of fused-ring (bicyclic) bond motifs is 2. The molecule has 0 aromatic heterocycles. The molecule has 3 aliphatic carbocycles. The van der Waals surface area contributed by atoms with Crippen LogP contribution in [0.3, 0.4) is 0 Å². The van der Waals surface area contributed by atoms with Gasteiger partial charge in [-0.25, -0.2) is 0 Å². The number of hydrogen-bond donors (Lipinski definition) is 0. The molecule has 4 rings (SSSR count). The number of aryl methyl sites for hydroxylation is 2. The highest BCUT2D eigenvalue weighted by Gasteiger charge is 2.38. The van der Waals surface area contributed by atoms with E-state index in [1.807, 2.05) is 0 Å². The maximum atomic E-state index is 2.44. The third kappa shape index (κ3) is 4.10. The Morgan fingerprint density at radius 1 is 0.885 bits per heavy atom. The van der Waals surface area contributed by atoms with Crippen molar-refractivity contribution in [3.8, 4) is 0 Å². The molecule has 0 spiro atoms.